The van der Waals surface area contributed by atoms with E-state index in [2.05, 4.69) is 48.1 Å². The Kier molecular flexibility index (Phi) is 7.46. The number of anilines is 1. The molecular formula is C21H25N7O2S. The molecule has 1 aliphatic heterocycles. The summed E-state index contributed by atoms with van der Waals surface area (Å²) in [5, 5.41) is 9.47. The number of rotatable bonds is 9. The molecule has 0 spiro atoms. The summed E-state index contributed by atoms with van der Waals surface area (Å²) in [7, 11) is 0. The number of aromatic nitrogens is 4. The smallest absolute Gasteiger partial charge is 0.321 e. The van der Waals surface area contributed by atoms with E-state index in [1.54, 1.807) is 17.5 Å². The lowest BCUT2D eigenvalue weighted by Crippen LogP contribution is -2.37. The molecule has 1 fully saturated rings. The molecule has 3 aromatic heterocycles. The molecule has 4 rings (SSSR count). The molecule has 4 heterocycles. The van der Waals surface area contributed by atoms with Crippen LogP contribution >= 0.6 is 11.3 Å². The van der Waals surface area contributed by atoms with E-state index in [9.17, 15) is 0 Å². The highest BCUT2D eigenvalue weighted by atomic mass is 32.1. The zero-order chi connectivity index (χ0) is 21.3. The Hall–Kier alpha value is -2.98. The quantitative estimate of drug-likeness (QED) is 0.470. The van der Waals surface area contributed by atoms with Gasteiger partial charge in [0.2, 0.25) is 5.95 Å². The van der Waals surface area contributed by atoms with Crippen molar-refractivity contribution >= 4 is 22.3 Å². The molecule has 0 aliphatic carbocycles. The van der Waals surface area contributed by atoms with Crippen molar-refractivity contribution in [2.24, 2.45) is 10.2 Å². The summed E-state index contributed by atoms with van der Waals surface area (Å²) in [5.74, 6) is 1.11. The number of aryl methyl sites for hydroxylation is 1. The number of hydrogen-bond donors (Lipinski definition) is 0. The Labute approximate surface area is 185 Å². The van der Waals surface area contributed by atoms with Crippen molar-refractivity contribution in [3.8, 4) is 6.01 Å². The average molecular weight is 440 g/mol. The van der Waals surface area contributed by atoms with Gasteiger partial charge in [-0.2, -0.15) is 20.1 Å². The van der Waals surface area contributed by atoms with Gasteiger partial charge in [0.15, 0.2) is 5.82 Å². The molecule has 9 nitrogen and oxygen atoms in total. The van der Waals surface area contributed by atoms with Crippen LogP contribution in [0.1, 0.15) is 23.3 Å². The summed E-state index contributed by atoms with van der Waals surface area (Å²) in [5.41, 5.74) is 0.960. The maximum absolute atomic E-state index is 5.83. The number of morpholine rings is 1. The number of thiophene rings is 1. The second-order valence-corrected chi connectivity index (χ2v) is 7.99. The SMILES string of the molecule is CCc1ccc(N=NCc2nc(OCCc3ccccn3)nc(N3CCOCC3)n2)s1. The van der Waals surface area contributed by atoms with Gasteiger partial charge >= 0.3 is 6.01 Å². The zero-order valence-electron chi connectivity index (χ0n) is 17.5. The molecule has 0 aromatic carbocycles. The molecule has 1 saturated heterocycles. The Bertz CT molecular complexity index is 990. The Morgan fingerprint density at radius 1 is 1.13 bits per heavy atom. The van der Waals surface area contributed by atoms with Crippen LogP contribution in [-0.4, -0.2) is 52.8 Å². The van der Waals surface area contributed by atoms with Gasteiger partial charge in [0.1, 0.15) is 11.5 Å². The summed E-state index contributed by atoms with van der Waals surface area (Å²) in [4.78, 5) is 21.2. The molecule has 0 N–H and O–H groups in total. The van der Waals surface area contributed by atoms with E-state index in [-0.39, 0.29) is 6.54 Å². The van der Waals surface area contributed by atoms with Gasteiger partial charge < -0.3 is 14.4 Å². The Balaban J connectivity index is 1.45. The molecule has 0 saturated carbocycles. The first-order chi connectivity index (χ1) is 15.3. The van der Waals surface area contributed by atoms with Gasteiger partial charge in [-0.3, -0.25) is 4.98 Å². The molecule has 162 valence electrons. The number of azo groups is 1. The molecule has 0 unspecified atom stereocenters. The average Bonchev–Trinajstić information content (AvgIpc) is 3.28. The summed E-state index contributed by atoms with van der Waals surface area (Å²) in [6.07, 6.45) is 3.44. The summed E-state index contributed by atoms with van der Waals surface area (Å²) < 4.78 is 11.3. The molecule has 0 bridgehead atoms. The van der Waals surface area contributed by atoms with E-state index in [0.29, 0.717) is 44.0 Å². The van der Waals surface area contributed by atoms with Crippen LogP contribution in [0.15, 0.2) is 46.8 Å². The van der Waals surface area contributed by atoms with Gasteiger partial charge in [-0.1, -0.05) is 13.0 Å². The largest absolute Gasteiger partial charge is 0.463 e. The number of nitrogens with zero attached hydrogens (tertiary/aromatic N) is 7. The van der Waals surface area contributed by atoms with E-state index < -0.39 is 0 Å². The highest BCUT2D eigenvalue weighted by Crippen LogP contribution is 2.25. The van der Waals surface area contributed by atoms with Gasteiger partial charge in [-0.05, 0) is 30.7 Å². The molecule has 31 heavy (non-hydrogen) atoms. The second kappa shape index (κ2) is 10.9. The predicted octanol–water partition coefficient (Wildman–Crippen LogP) is 3.63. The minimum atomic E-state index is 0.260. The fraction of sp³-hybridized carbons (Fsp3) is 0.429. The Morgan fingerprint density at radius 3 is 2.81 bits per heavy atom. The topological polar surface area (TPSA) is 98.0 Å². The van der Waals surface area contributed by atoms with Gasteiger partial charge in [0.05, 0.1) is 19.8 Å². The van der Waals surface area contributed by atoms with Crippen LogP contribution < -0.4 is 9.64 Å². The van der Waals surface area contributed by atoms with Crippen LogP contribution in [0.2, 0.25) is 0 Å². The van der Waals surface area contributed by atoms with E-state index in [4.69, 9.17) is 9.47 Å². The van der Waals surface area contributed by atoms with Crippen LogP contribution in [-0.2, 0) is 24.1 Å². The number of hydrogen-bond acceptors (Lipinski definition) is 10. The third-order valence-corrected chi connectivity index (χ3v) is 5.75. The summed E-state index contributed by atoms with van der Waals surface area (Å²) in [6, 6.07) is 10.2. The van der Waals surface area contributed by atoms with Crippen molar-refractivity contribution in [1.29, 1.82) is 0 Å². The molecule has 1 aliphatic rings. The maximum Gasteiger partial charge on any atom is 0.321 e. The highest BCUT2D eigenvalue weighted by molar-refractivity contribution is 7.15. The van der Waals surface area contributed by atoms with Crippen LogP contribution in [0.5, 0.6) is 6.01 Å². The van der Waals surface area contributed by atoms with Crippen molar-refractivity contribution in [1.82, 2.24) is 19.9 Å². The molecular weight excluding hydrogens is 414 g/mol. The predicted molar refractivity (Wildman–Crippen MR) is 118 cm³/mol. The number of pyridine rings is 1. The van der Waals surface area contributed by atoms with Crippen LogP contribution in [0, 0.1) is 0 Å². The van der Waals surface area contributed by atoms with Crippen molar-refractivity contribution in [3.63, 3.8) is 0 Å². The maximum atomic E-state index is 5.83. The standard InChI is InChI=1S/C21H25N7O2S/c1-2-17-6-7-19(31-17)27-23-15-18-24-20(28-10-13-29-14-11-28)26-21(25-18)30-12-8-16-5-3-4-9-22-16/h3-7,9H,2,8,10-15H2,1H3. The van der Waals surface area contributed by atoms with Gasteiger partial charge in [0.25, 0.3) is 0 Å². The first kappa shape index (κ1) is 21.3. The third-order valence-electron chi connectivity index (χ3n) is 4.64. The normalized spacial score (nSPS) is 14.3. The third kappa shape index (κ3) is 6.25. The second-order valence-electron chi connectivity index (χ2n) is 6.85. The zero-order valence-corrected chi connectivity index (χ0v) is 18.3. The fourth-order valence-corrected chi connectivity index (χ4v) is 3.78. The molecule has 0 atom stereocenters. The monoisotopic (exact) mass is 439 g/mol. The lowest BCUT2D eigenvalue weighted by molar-refractivity contribution is 0.122. The van der Waals surface area contributed by atoms with E-state index >= 15 is 0 Å². The summed E-state index contributed by atoms with van der Waals surface area (Å²) in [6.45, 7) is 5.57. The van der Waals surface area contributed by atoms with Crippen molar-refractivity contribution in [2.75, 3.05) is 37.8 Å². The first-order valence-electron chi connectivity index (χ1n) is 10.4. The van der Waals surface area contributed by atoms with Crippen molar-refractivity contribution in [2.45, 2.75) is 26.3 Å². The van der Waals surface area contributed by atoms with Crippen molar-refractivity contribution in [3.05, 3.63) is 52.9 Å². The minimum absolute atomic E-state index is 0.260. The van der Waals surface area contributed by atoms with E-state index in [1.807, 2.05) is 24.3 Å². The van der Waals surface area contributed by atoms with E-state index in [1.165, 1.54) is 4.88 Å². The van der Waals surface area contributed by atoms with Gasteiger partial charge in [-0.15, -0.1) is 16.5 Å². The minimum Gasteiger partial charge on any atom is -0.463 e. The first-order valence-corrected chi connectivity index (χ1v) is 11.2. The van der Waals surface area contributed by atoms with Crippen LogP contribution in [0.4, 0.5) is 10.9 Å². The lowest BCUT2D eigenvalue weighted by Gasteiger charge is -2.26. The van der Waals surface area contributed by atoms with Gasteiger partial charge in [0, 0.05) is 36.3 Å². The molecule has 0 radical (unpaired) electrons. The van der Waals surface area contributed by atoms with Crippen LogP contribution in [0.25, 0.3) is 0 Å². The fourth-order valence-electron chi connectivity index (χ4n) is 3.00. The molecule has 0 amide bonds. The Morgan fingerprint density at radius 2 is 2.03 bits per heavy atom. The van der Waals surface area contributed by atoms with E-state index in [0.717, 1.165) is 30.2 Å². The van der Waals surface area contributed by atoms with Crippen LogP contribution in [0.3, 0.4) is 0 Å². The lowest BCUT2D eigenvalue weighted by atomic mass is 10.3. The molecule has 10 heteroatoms. The van der Waals surface area contributed by atoms with Crippen molar-refractivity contribution < 1.29 is 9.47 Å². The van der Waals surface area contributed by atoms with Gasteiger partial charge in [-0.25, -0.2) is 0 Å². The highest BCUT2D eigenvalue weighted by Gasteiger charge is 2.17. The number of ether oxygens (including phenoxy) is 2. The summed E-state index contributed by atoms with van der Waals surface area (Å²) >= 11 is 1.64. The molecule has 3 aromatic rings.